The molecule has 6 nitrogen and oxygen atoms in total. The van der Waals surface area contributed by atoms with Crippen LogP contribution in [-0.4, -0.2) is 32.0 Å². The van der Waals surface area contributed by atoms with Gasteiger partial charge in [-0.05, 0) is 90.1 Å². The van der Waals surface area contributed by atoms with Gasteiger partial charge in [-0.15, -0.1) is 0 Å². The first-order valence-corrected chi connectivity index (χ1v) is 13.7. The fourth-order valence-electron chi connectivity index (χ4n) is 5.59. The Morgan fingerprint density at radius 3 is 2.37 bits per heavy atom. The van der Waals surface area contributed by atoms with Gasteiger partial charge in [0.05, 0.1) is 24.2 Å². The Kier molecular flexibility index (Phi) is 8.22. The molecule has 0 bridgehead atoms. The van der Waals surface area contributed by atoms with Crippen LogP contribution in [0.2, 0.25) is 5.02 Å². The van der Waals surface area contributed by atoms with E-state index in [0.717, 1.165) is 68.5 Å². The molecule has 2 aromatic heterocycles. The van der Waals surface area contributed by atoms with Gasteiger partial charge in [0.25, 0.3) is 0 Å². The SMILES string of the molecule is Cc1cc(OCCCc2c(C)n(CCC(=O)O)c3c(-c4c(C)nn(C(C)C)c4C)cccc23)cc(C)c1Cl. The van der Waals surface area contributed by atoms with Crippen molar-refractivity contribution in [2.45, 2.75) is 80.3 Å². The Morgan fingerprint density at radius 1 is 1.08 bits per heavy atom. The van der Waals surface area contributed by atoms with Gasteiger partial charge in [-0.25, -0.2) is 0 Å². The second-order valence-electron chi connectivity index (χ2n) is 10.5. The highest BCUT2D eigenvalue weighted by Crippen LogP contribution is 2.38. The van der Waals surface area contributed by atoms with Crippen LogP contribution in [0.25, 0.3) is 22.0 Å². The number of carboxylic acids is 1. The molecule has 0 aliphatic rings. The molecule has 0 amide bonds. The van der Waals surface area contributed by atoms with Gasteiger partial charge in [0.2, 0.25) is 0 Å². The molecule has 0 saturated heterocycles. The Hall–Kier alpha value is -3.25. The lowest BCUT2D eigenvalue weighted by molar-refractivity contribution is -0.137. The lowest BCUT2D eigenvalue weighted by Gasteiger charge is -2.12. The molecule has 0 atom stereocenters. The first-order chi connectivity index (χ1) is 18.0. The number of nitrogens with zero attached hydrogens (tertiary/aromatic N) is 3. The van der Waals surface area contributed by atoms with Crippen molar-refractivity contribution in [1.29, 1.82) is 0 Å². The minimum absolute atomic E-state index is 0.0694. The second kappa shape index (κ2) is 11.2. The number of fused-ring (bicyclic) bond motifs is 1. The van der Waals surface area contributed by atoms with E-state index in [4.69, 9.17) is 21.4 Å². The average molecular weight is 536 g/mol. The molecule has 0 unspecified atom stereocenters. The third kappa shape index (κ3) is 5.32. The first kappa shape index (κ1) is 27.8. The van der Waals surface area contributed by atoms with E-state index in [1.807, 2.05) is 26.0 Å². The molecule has 0 radical (unpaired) electrons. The summed E-state index contributed by atoms with van der Waals surface area (Å²) < 4.78 is 10.3. The number of aryl methyl sites for hydroxylation is 5. The summed E-state index contributed by atoms with van der Waals surface area (Å²) >= 11 is 6.30. The van der Waals surface area contributed by atoms with E-state index in [0.29, 0.717) is 13.2 Å². The van der Waals surface area contributed by atoms with Crippen LogP contribution >= 0.6 is 11.6 Å². The zero-order valence-electron chi connectivity index (χ0n) is 23.5. The van der Waals surface area contributed by atoms with E-state index in [1.54, 1.807) is 0 Å². The van der Waals surface area contributed by atoms with E-state index < -0.39 is 5.97 Å². The van der Waals surface area contributed by atoms with Crippen molar-refractivity contribution in [1.82, 2.24) is 14.3 Å². The van der Waals surface area contributed by atoms with E-state index in [1.165, 1.54) is 10.9 Å². The van der Waals surface area contributed by atoms with Crippen LogP contribution < -0.4 is 4.74 Å². The molecular weight excluding hydrogens is 498 g/mol. The molecule has 0 saturated carbocycles. The van der Waals surface area contributed by atoms with Crippen molar-refractivity contribution in [2.24, 2.45) is 0 Å². The van der Waals surface area contributed by atoms with Gasteiger partial charge in [0.15, 0.2) is 0 Å². The molecule has 1 N–H and O–H groups in total. The lowest BCUT2D eigenvalue weighted by atomic mass is 9.98. The number of para-hydroxylation sites is 1. The fraction of sp³-hybridized carbons (Fsp3) is 0.419. The number of aliphatic carboxylic acids is 1. The van der Waals surface area contributed by atoms with Crippen molar-refractivity contribution in [2.75, 3.05) is 6.61 Å². The summed E-state index contributed by atoms with van der Waals surface area (Å²) in [5.41, 5.74) is 9.79. The molecule has 0 fully saturated rings. The minimum Gasteiger partial charge on any atom is -0.494 e. The summed E-state index contributed by atoms with van der Waals surface area (Å²) in [4.78, 5) is 11.5. The van der Waals surface area contributed by atoms with E-state index in [-0.39, 0.29) is 12.5 Å². The van der Waals surface area contributed by atoms with Gasteiger partial charge in [-0.3, -0.25) is 9.48 Å². The number of carboxylic acid groups (broad SMARTS) is 1. The van der Waals surface area contributed by atoms with Crippen molar-refractivity contribution in [3.8, 4) is 16.9 Å². The van der Waals surface area contributed by atoms with Crippen LogP contribution in [0.15, 0.2) is 30.3 Å². The van der Waals surface area contributed by atoms with E-state index >= 15 is 0 Å². The van der Waals surface area contributed by atoms with Crippen LogP contribution in [0.4, 0.5) is 0 Å². The maximum Gasteiger partial charge on any atom is 0.305 e. The van der Waals surface area contributed by atoms with Gasteiger partial charge >= 0.3 is 5.97 Å². The van der Waals surface area contributed by atoms with Gasteiger partial charge in [-0.1, -0.05) is 29.8 Å². The molecule has 2 heterocycles. The van der Waals surface area contributed by atoms with Crippen LogP contribution in [0.1, 0.15) is 66.5 Å². The van der Waals surface area contributed by atoms with Crippen LogP contribution in [0, 0.1) is 34.6 Å². The van der Waals surface area contributed by atoms with Gasteiger partial charge in [-0.2, -0.15) is 5.10 Å². The summed E-state index contributed by atoms with van der Waals surface area (Å²) in [6, 6.07) is 10.6. The summed E-state index contributed by atoms with van der Waals surface area (Å²) in [6.07, 6.45) is 1.74. The Labute approximate surface area is 230 Å². The molecule has 202 valence electrons. The number of carbonyl (C=O) groups is 1. The van der Waals surface area contributed by atoms with Crippen LogP contribution in [0.3, 0.4) is 0 Å². The molecule has 4 rings (SSSR count). The average Bonchev–Trinajstić information content (AvgIpc) is 3.30. The zero-order chi connectivity index (χ0) is 27.7. The monoisotopic (exact) mass is 535 g/mol. The molecule has 0 aliphatic carbocycles. The molecule has 0 spiro atoms. The second-order valence-corrected chi connectivity index (χ2v) is 10.8. The number of hydrogen-bond donors (Lipinski definition) is 1. The highest BCUT2D eigenvalue weighted by Gasteiger charge is 2.22. The summed E-state index contributed by atoms with van der Waals surface area (Å²) in [6.45, 7) is 15.5. The fourth-order valence-corrected chi connectivity index (χ4v) is 5.70. The van der Waals surface area contributed by atoms with E-state index in [9.17, 15) is 9.90 Å². The minimum atomic E-state index is -0.799. The smallest absolute Gasteiger partial charge is 0.305 e. The summed E-state index contributed by atoms with van der Waals surface area (Å²) in [7, 11) is 0. The van der Waals surface area contributed by atoms with Crippen LogP contribution in [-0.2, 0) is 17.8 Å². The number of hydrogen-bond acceptors (Lipinski definition) is 3. The standard InChI is InChI=1S/C31H38ClN3O3/c1-18(2)35-23(7)29(21(5)33-35)27-11-8-10-26-25(22(6)34(31(26)27)14-13-28(36)37)12-9-15-38-24-16-19(3)30(32)20(4)17-24/h8,10-11,16-18H,9,12-15H2,1-7H3,(H,36,37). The lowest BCUT2D eigenvalue weighted by Crippen LogP contribution is -2.07. The van der Waals surface area contributed by atoms with Crippen molar-refractivity contribution in [3.05, 3.63) is 69.1 Å². The predicted octanol–water partition coefficient (Wildman–Crippen LogP) is 7.77. The highest BCUT2D eigenvalue weighted by atomic mass is 35.5. The summed E-state index contributed by atoms with van der Waals surface area (Å²) in [5.74, 6) is 0.0348. The molecule has 0 aliphatic heterocycles. The molecule has 2 aromatic carbocycles. The van der Waals surface area contributed by atoms with Gasteiger partial charge in [0.1, 0.15) is 5.75 Å². The largest absolute Gasteiger partial charge is 0.494 e. The normalized spacial score (nSPS) is 11.6. The van der Waals surface area contributed by atoms with Gasteiger partial charge in [0, 0.05) is 45.5 Å². The van der Waals surface area contributed by atoms with E-state index in [2.05, 4.69) is 62.1 Å². The Morgan fingerprint density at radius 2 is 1.76 bits per heavy atom. The first-order valence-electron chi connectivity index (χ1n) is 13.3. The quantitative estimate of drug-likeness (QED) is 0.211. The van der Waals surface area contributed by atoms with Crippen molar-refractivity contribution in [3.63, 3.8) is 0 Å². The topological polar surface area (TPSA) is 69.3 Å². The third-order valence-electron chi connectivity index (χ3n) is 7.36. The van der Waals surface area contributed by atoms with Gasteiger partial charge < -0.3 is 14.4 Å². The Balaban J connectivity index is 1.70. The van der Waals surface area contributed by atoms with Crippen LogP contribution in [0.5, 0.6) is 5.75 Å². The maximum atomic E-state index is 11.5. The summed E-state index contributed by atoms with van der Waals surface area (Å²) in [5, 5.41) is 16.2. The molecule has 38 heavy (non-hydrogen) atoms. The number of halogens is 1. The number of benzene rings is 2. The highest BCUT2D eigenvalue weighted by molar-refractivity contribution is 6.32. The zero-order valence-corrected chi connectivity index (χ0v) is 24.2. The number of ether oxygens (including phenoxy) is 1. The molecule has 4 aromatic rings. The maximum absolute atomic E-state index is 11.5. The predicted molar refractivity (Wildman–Crippen MR) is 155 cm³/mol. The van der Waals surface area contributed by atoms with Crippen molar-refractivity contribution < 1.29 is 14.6 Å². The number of rotatable bonds is 10. The number of aromatic nitrogens is 3. The third-order valence-corrected chi connectivity index (χ3v) is 7.95. The molecule has 7 heteroatoms. The molecular formula is C31H38ClN3O3. The Bertz CT molecular complexity index is 1470. The van der Waals surface area contributed by atoms with Crippen molar-refractivity contribution >= 4 is 28.5 Å².